The Morgan fingerprint density at radius 3 is 2.65 bits per heavy atom. The van der Waals surface area contributed by atoms with Gasteiger partial charge in [0.15, 0.2) is 0 Å². The van der Waals surface area contributed by atoms with Gasteiger partial charge >= 0.3 is 0 Å². The highest BCUT2D eigenvalue weighted by atomic mass is 79.9. The molecule has 2 unspecified atom stereocenters. The largest absolute Gasteiger partial charge is 0.381 e. The van der Waals surface area contributed by atoms with Crippen molar-refractivity contribution in [1.29, 1.82) is 0 Å². The summed E-state index contributed by atoms with van der Waals surface area (Å²) < 4.78 is 33.2. The van der Waals surface area contributed by atoms with Crippen LogP contribution < -0.4 is 4.72 Å². The van der Waals surface area contributed by atoms with Crippen molar-refractivity contribution in [3.05, 3.63) is 35.4 Å². The van der Waals surface area contributed by atoms with Crippen molar-refractivity contribution in [1.82, 2.24) is 4.72 Å². The topological polar surface area (TPSA) is 55.4 Å². The molecule has 1 aliphatic carbocycles. The van der Waals surface area contributed by atoms with Gasteiger partial charge in [-0.25, -0.2) is 13.1 Å². The molecule has 1 aromatic carbocycles. The van der Waals surface area contributed by atoms with Gasteiger partial charge in [0.25, 0.3) is 0 Å². The third kappa shape index (κ3) is 2.79. The maximum absolute atomic E-state index is 12.5. The lowest BCUT2D eigenvalue weighted by molar-refractivity contribution is 0.0981. The lowest BCUT2D eigenvalue weighted by atomic mass is 10.1. The van der Waals surface area contributed by atoms with Crippen LogP contribution in [0.1, 0.15) is 30.0 Å². The van der Waals surface area contributed by atoms with E-state index in [1.165, 1.54) is 5.56 Å². The zero-order valence-electron chi connectivity index (χ0n) is 11.1. The van der Waals surface area contributed by atoms with Gasteiger partial charge in [0.05, 0.1) is 11.3 Å². The summed E-state index contributed by atoms with van der Waals surface area (Å²) in [5, 5.41) is -0.330. The van der Waals surface area contributed by atoms with E-state index in [1.54, 1.807) is 0 Å². The minimum absolute atomic E-state index is 0.120. The Labute approximate surface area is 128 Å². The lowest BCUT2D eigenvalue weighted by Gasteiger charge is -2.25. The van der Waals surface area contributed by atoms with E-state index in [0.29, 0.717) is 26.1 Å². The van der Waals surface area contributed by atoms with Gasteiger partial charge in [-0.2, -0.15) is 0 Å². The number of alkyl halides is 1. The Bertz CT molecular complexity index is 584. The second-order valence-electron chi connectivity index (χ2n) is 5.37. The first-order valence-electron chi connectivity index (χ1n) is 6.89. The van der Waals surface area contributed by atoms with Crippen LogP contribution in [-0.4, -0.2) is 31.7 Å². The van der Waals surface area contributed by atoms with E-state index < -0.39 is 10.0 Å². The van der Waals surface area contributed by atoms with E-state index in [-0.39, 0.29) is 16.1 Å². The van der Waals surface area contributed by atoms with Gasteiger partial charge in [-0.3, -0.25) is 0 Å². The summed E-state index contributed by atoms with van der Waals surface area (Å²) in [6.45, 7) is 1.06. The van der Waals surface area contributed by atoms with E-state index in [9.17, 15) is 8.42 Å². The SMILES string of the molecule is O=S(=O)(NC1c2ccccc2CC1Br)C1CCOCC1. The van der Waals surface area contributed by atoms with Gasteiger partial charge in [0, 0.05) is 18.0 Å². The Kier molecular flexibility index (Phi) is 4.17. The Morgan fingerprint density at radius 1 is 1.20 bits per heavy atom. The third-order valence-electron chi connectivity index (χ3n) is 4.07. The predicted molar refractivity (Wildman–Crippen MR) is 81.5 cm³/mol. The average Bonchev–Trinajstić information content (AvgIpc) is 2.76. The number of sulfonamides is 1. The maximum Gasteiger partial charge on any atom is 0.215 e. The zero-order valence-corrected chi connectivity index (χ0v) is 13.5. The molecule has 20 heavy (non-hydrogen) atoms. The summed E-state index contributed by atoms with van der Waals surface area (Å²) in [7, 11) is -3.30. The first-order valence-corrected chi connectivity index (χ1v) is 9.35. The number of hydrogen-bond acceptors (Lipinski definition) is 3. The van der Waals surface area contributed by atoms with Crippen LogP contribution in [0.4, 0.5) is 0 Å². The molecule has 0 bridgehead atoms. The number of halogens is 1. The molecule has 6 heteroatoms. The molecule has 1 aliphatic heterocycles. The van der Waals surface area contributed by atoms with Crippen LogP contribution in [0.15, 0.2) is 24.3 Å². The van der Waals surface area contributed by atoms with Gasteiger partial charge in [0.2, 0.25) is 10.0 Å². The predicted octanol–water partition coefficient (Wildman–Crippen LogP) is 2.15. The molecule has 2 aliphatic rings. The maximum atomic E-state index is 12.5. The molecule has 0 amide bonds. The standard InChI is InChI=1S/C14H18BrNO3S/c15-13-9-10-3-1-2-4-12(10)14(13)16-20(17,18)11-5-7-19-8-6-11/h1-4,11,13-14,16H,5-9H2. The lowest BCUT2D eigenvalue weighted by Crippen LogP contribution is -2.41. The van der Waals surface area contributed by atoms with Crippen LogP contribution in [0.2, 0.25) is 0 Å². The van der Waals surface area contributed by atoms with Gasteiger partial charge in [-0.15, -0.1) is 0 Å². The first kappa shape index (κ1) is 14.5. The fourth-order valence-electron chi connectivity index (χ4n) is 2.94. The summed E-state index contributed by atoms with van der Waals surface area (Å²) in [6, 6.07) is 7.85. The molecule has 0 spiro atoms. The molecule has 1 N–H and O–H groups in total. The second kappa shape index (κ2) is 5.75. The van der Waals surface area contributed by atoms with Crippen molar-refractivity contribution in [2.75, 3.05) is 13.2 Å². The Hall–Kier alpha value is -0.430. The molecule has 1 fully saturated rings. The molecule has 110 valence electrons. The first-order chi connectivity index (χ1) is 9.58. The van der Waals surface area contributed by atoms with Gasteiger partial charge in [-0.05, 0) is 30.4 Å². The van der Waals surface area contributed by atoms with Crippen molar-refractivity contribution >= 4 is 26.0 Å². The minimum Gasteiger partial charge on any atom is -0.381 e. The summed E-state index contributed by atoms with van der Waals surface area (Å²) in [4.78, 5) is 0.120. The van der Waals surface area contributed by atoms with Crippen LogP contribution in [-0.2, 0) is 21.2 Å². The van der Waals surface area contributed by atoms with Crippen molar-refractivity contribution in [2.24, 2.45) is 0 Å². The van der Waals surface area contributed by atoms with Crippen LogP contribution >= 0.6 is 15.9 Å². The molecule has 4 nitrogen and oxygen atoms in total. The number of ether oxygens (including phenoxy) is 1. The van der Waals surface area contributed by atoms with Crippen LogP contribution in [0, 0.1) is 0 Å². The smallest absolute Gasteiger partial charge is 0.215 e. The summed E-state index contributed by atoms with van der Waals surface area (Å²) in [6.07, 6.45) is 2.02. The zero-order chi connectivity index (χ0) is 14.2. The third-order valence-corrected chi connectivity index (χ3v) is 6.85. The van der Waals surface area contributed by atoms with Crippen LogP contribution in [0.5, 0.6) is 0 Å². The summed E-state index contributed by atoms with van der Waals surface area (Å²) in [5.41, 5.74) is 2.30. The summed E-state index contributed by atoms with van der Waals surface area (Å²) in [5.74, 6) is 0. The number of fused-ring (bicyclic) bond motifs is 1. The molecule has 1 aromatic rings. The van der Waals surface area contributed by atoms with Crippen LogP contribution in [0.25, 0.3) is 0 Å². The highest BCUT2D eigenvalue weighted by molar-refractivity contribution is 9.09. The minimum atomic E-state index is -3.30. The van der Waals surface area contributed by atoms with Crippen LogP contribution in [0.3, 0.4) is 0 Å². The molecule has 1 heterocycles. The number of rotatable bonds is 3. The van der Waals surface area contributed by atoms with Crippen molar-refractivity contribution in [2.45, 2.75) is 35.4 Å². The molecule has 0 radical (unpaired) electrons. The number of nitrogens with one attached hydrogen (secondary N) is 1. The molecule has 0 saturated carbocycles. The normalized spacial score (nSPS) is 27.4. The molecule has 1 saturated heterocycles. The fraction of sp³-hybridized carbons (Fsp3) is 0.571. The molecule has 0 aromatic heterocycles. The van der Waals surface area contributed by atoms with E-state index in [1.807, 2.05) is 18.2 Å². The van der Waals surface area contributed by atoms with Gasteiger partial charge in [-0.1, -0.05) is 40.2 Å². The molecule has 3 rings (SSSR count). The van der Waals surface area contributed by atoms with Gasteiger partial charge < -0.3 is 4.74 Å². The van der Waals surface area contributed by atoms with Crippen molar-refractivity contribution in [3.63, 3.8) is 0 Å². The number of hydrogen-bond donors (Lipinski definition) is 1. The Balaban J connectivity index is 1.80. The molecular weight excluding hydrogens is 342 g/mol. The highest BCUT2D eigenvalue weighted by Crippen LogP contribution is 2.36. The average molecular weight is 360 g/mol. The fourth-order valence-corrected chi connectivity index (χ4v) is 5.53. The highest BCUT2D eigenvalue weighted by Gasteiger charge is 2.36. The quantitative estimate of drug-likeness (QED) is 0.841. The van der Waals surface area contributed by atoms with Crippen molar-refractivity contribution in [3.8, 4) is 0 Å². The molecule has 2 atom stereocenters. The van der Waals surface area contributed by atoms with E-state index in [2.05, 4.69) is 26.7 Å². The van der Waals surface area contributed by atoms with Crippen molar-refractivity contribution < 1.29 is 13.2 Å². The van der Waals surface area contributed by atoms with E-state index in [4.69, 9.17) is 4.74 Å². The molecular formula is C14H18BrNO3S. The van der Waals surface area contributed by atoms with E-state index >= 15 is 0 Å². The number of benzene rings is 1. The summed E-state index contributed by atoms with van der Waals surface area (Å²) >= 11 is 3.61. The van der Waals surface area contributed by atoms with Gasteiger partial charge in [0.1, 0.15) is 0 Å². The monoisotopic (exact) mass is 359 g/mol. The Morgan fingerprint density at radius 2 is 1.90 bits per heavy atom. The van der Waals surface area contributed by atoms with E-state index in [0.717, 1.165) is 12.0 Å². The second-order valence-corrected chi connectivity index (χ2v) is 8.54.